The standard InChI is InChI=1S/C20H27N3O3S/c1-12(2)26-18(24)11-17(16-9-7-6-8-10-16)23-20(25)22-14(4)19-13(3)21-15(5)27-19/h6-10,12,14,17H,11H2,1-5H3,(H2,22,23,25). The van der Waals surface area contributed by atoms with Crippen molar-refractivity contribution in [3.05, 3.63) is 51.5 Å². The lowest BCUT2D eigenvalue weighted by Crippen LogP contribution is -2.40. The molecule has 1 aromatic heterocycles. The Kier molecular flexibility index (Phi) is 7.36. The third-order valence-electron chi connectivity index (χ3n) is 3.93. The van der Waals surface area contributed by atoms with Crippen LogP contribution in [-0.4, -0.2) is 23.1 Å². The number of aromatic nitrogens is 1. The summed E-state index contributed by atoms with van der Waals surface area (Å²) in [6, 6.07) is 8.44. The minimum atomic E-state index is -0.464. The van der Waals surface area contributed by atoms with E-state index in [-0.39, 0.29) is 30.6 Å². The van der Waals surface area contributed by atoms with Gasteiger partial charge in [0.25, 0.3) is 0 Å². The zero-order valence-electron chi connectivity index (χ0n) is 16.4. The van der Waals surface area contributed by atoms with Gasteiger partial charge in [0.05, 0.1) is 35.3 Å². The molecule has 7 heteroatoms. The maximum atomic E-state index is 12.5. The smallest absolute Gasteiger partial charge is 0.315 e. The van der Waals surface area contributed by atoms with Crippen molar-refractivity contribution in [3.8, 4) is 0 Å². The molecular formula is C20H27N3O3S. The molecule has 2 amide bonds. The molecule has 1 heterocycles. The van der Waals surface area contributed by atoms with E-state index in [1.54, 1.807) is 25.2 Å². The minimum absolute atomic E-state index is 0.0721. The molecule has 0 radical (unpaired) electrons. The van der Waals surface area contributed by atoms with Crippen LogP contribution in [0.15, 0.2) is 30.3 Å². The van der Waals surface area contributed by atoms with Crippen molar-refractivity contribution in [1.82, 2.24) is 15.6 Å². The molecule has 1 aromatic carbocycles. The normalized spacial score (nSPS) is 13.1. The number of hydrogen-bond acceptors (Lipinski definition) is 5. The first-order valence-corrected chi connectivity index (χ1v) is 9.83. The monoisotopic (exact) mass is 389 g/mol. The first-order valence-electron chi connectivity index (χ1n) is 9.01. The predicted molar refractivity (Wildman–Crippen MR) is 107 cm³/mol. The van der Waals surface area contributed by atoms with Crippen LogP contribution in [-0.2, 0) is 9.53 Å². The molecule has 0 bridgehead atoms. The zero-order valence-corrected chi connectivity index (χ0v) is 17.2. The number of aryl methyl sites for hydroxylation is 2. The Morgan fingerprint density at radius 2 is 1.78 bits per heavy atom. The summed E-state index contributed by atoms with van der Waals surface area (Å²) >= 11 is 1.57. The molecule has 0 saturated carbocycles. The Balaban J connectivity index is 2.06. The number of benzene rings is 1. The average molecular weight is 390 g/mol. The van der Waals surface area contributed by atoms with Gasteiger partial charge in [-0.15, -0.1) is 11.3 Å². The third-order valence-corrected chi connectivity index (χ3v) is 5.18. The summed E-state index contributed by atoms with van der Waals surface area (Å²) in [5.41, 5.74) is 1.77. The highest BCUT2D eigenvalue weighted by molar-refractivity contribution is 7.11. The first-order chi connectivity index (χ1) is 12.8. The Labute approximate surface area is 164 Å². The number of thiazole rings is 1. The fourth-order valence-corrected chi connectivity index (χ4v) is 3.76. The van der Waals surface area contributed by atoms with E-state index in [9.17, 15) is 9.59 Å². The molecule has 2 rings (SSSR count). The van der Waals surface area contributed by atoms with Crippen LogP contribution in [0.4, 0.5) is 4.79 Å². The van der Waals surface area contributed by atoms with Crippen LogP contribution < -0.4 is 10.6 Å². The number of carbonyl (C=O) groups excluding carboxylic acids is 2. The Morgan fingerprint density at radius 1 is 1.11 bits per heavy atom. The van der Waals surface area contributed by atoms with Crippen LogP contribution in [0.3, 0.4) is 0 Å². The van der Waals surface area contributed by atoms with Crippen LogP contribution in [0, 0.1) is 13.8 Å². The predicted octanol–water partition coefficient (Wildman–Crippen LogP) is 4.20. The maximum absolute atomic E-state index is 12.5. The van der Waals surface area contributed by atoms with Gasteiger partial charge in [-0.1, -0.05) is 30.3 Å². The number of carbonyl (C=O) groups is 2. The zero-order chi connectivity index (χ0) is 20.0. The lowest BCUT2D eigenvalue weighted by atomic mass is 10.0. The average Bonchev–Trinajstić information content (AvgIpc) is 2.92. The molecule has 146 valence electrons. The van der Waals surface area contributed by atoms with Crippen molar-refractivity contribution >= 4 is 23.3 Å². The molecule has 0 fully saturated rings. The summed E-state index contributed by atoms with van der Waals surface area (Å²) in [6.07, 6.45) is -0.122. The molecule has 6 nitrogen and oxygen atoms in total. The van der Waals surface area contributed by atoms with E-state index >= 15 is 0 Å². The number of ether oxygens (including phenoxy) is 1. The fourth-order valence-electron chi connectivity index (χ4n) is 2.83. The van der Waals surface area contributed by atoms with E-state index in [2.05, 4.69) is 15.6 Å². The van der Waals surface area contributed by atoms with Gasteiger partial charge in [0.2, 0.25) is 0 Å². The van der Waals surface area contributed by atoms with E-state index in [1.807, 2.05) is 51.1 Å². The second-order valence-electron chi connectivity index (χ2n) is 6.73. The first kappa shape index (κ1) is 20.9. The van der Waals surface area contributed by atoms with E-state index < -0.39 is 6.04 Å². The highest BCUT2D eigenvalue weighted by Gasteiger charge is 2.22. The summed E-state index contributed by atoms with van der Waals surface area (Å²) in [5, 5.41) is 6.80. The van der Waals surface area contributed by atoms with Gasteiger partial charge in [-0.2, -0.15) is 0 Å². The van der Waals surface area contributed by atoms with Crippen molar-refractivity contribution in [2.24, 2.45) is 0 Å². The van der Waals surface area contributed by atoms with Gasteiger partial charge in [-0.3, -0.25) is 4.79 Å². The van der Waals surface area contributed by atoms with Gasteiger partial charge in [0, 0.05) is 4.88 Å². The summed E-state index contributed by atoms with van der Waals surface area (Å²) in [7, 11) is 0. The molecule has 2 N–H and O–H groups in total. The largest absolute Gasteiger partial charge is 0.463 e. The van der Waals surface area contributed by atoms with Crippen molar-refractivity contribution in [3.63, 3.8) is 0 Å². The lowest BCUT2D eigenvalue weighted by molar-refractivity contribution is -0.147. The van der Waals surface area contributed by atoms with Crippen LogP contribution in [0.1, 0.15) is 60.4 Å². The topological polar surface area (TPSA) is 80.3 Å². The van der Waals surface area contributed by atoms with Crippen LogP contribution in [0.5, 0.6) is 0 Å². The highest BCUT2D eigenvalue weighted by atomic mass is 32.1. The summed E-state index contributed by atoms with van der Waals surface area (Å²) < 4.78 is 5.24. The molecular weight excluding hydrogens is 362 g/mol. The Hall–Kier alpha value is -2.41. The van der Waals surface area contributed by atoms with E-state index in [4.69, 9.17) is 4.74 Å². The van der Waals surface area contributed by atoms with Crippen molar-refractivity contribution in [2.45, 2.75) is 59.2 Å². The highest BCUT2D eigenvalue weighted by Crippen LogP contribution is 2.24. The fraction of sp³-hybridized carbons (Fsp3) is 0.450. The van der Waals surface area contributed by atoms with Gasteiger partial charge in [0.1, 0.15) is 0 Å². The SMILES string of the molecule is Cc1nc(C)c(C(C)NC(=O)NC(CC(=O)OC(C)C)c2ccccc2)s1. The quantitative estimate of drug-likeness (QED) is 0.696. The second-order valence-corrected chi connectivity index (χ2v) is 7.96. The number of nitrogens with one attached hydrogen (secondary N) is 2. The number of urea groups is 1. The van der Waals surface area contributed by atoms with Crippen LogP contribution >= 0.6 is 11.3 Å². The van der Waals surface area contributed by atoms with Gasteiger partial charge in [-0.05, 0) is 40.2 Å². The molecule has 0 spiro atoms. The van der Waals surface area contributed by atoms with Gasteiger partial charge in [-0.25, -0.2) is 9.78 Å². The number of amides is 2. The summed E-state index contributed by atoms with van der Waals surface area (Å²) in [6.45, 7) is 9.40. The van der Waals surface area contributed by atoms with E-state index in [0.717, 1.165) is 21.1 Å². The van der Waals surface area contributed by atoms with Crippen molar-refractivity contribution in [1.29, 1.82) is 0 Å². The van der Waals surface area contributed by atoms with E-state index in [0.29, 0.717) is 0 Å². The second kappa shape index (κ2) is 9.50. The number of nitrogens with zero attached hydrogens (tertiary/aromatic N) is 1. The summed E-state index contributed by atoms with van der Waals surface area (Å²) in [4.78, 5) is 30.1. The van der Waals surface area contributed by atoms with Gasteiger partial charge in [0.15, 0.2) is 0 Å². The molecule has 2 aromatic rings. The van der Waals surface area contributed by atoms with Gasteiger partial charge >= 0.3 is 12.0 Å². The van der Waals surface area contributed by atoms with Crippen LogP contribution in [0.2, 0.25) is 0 Å². The lowest BCUT2D eigenvalue weighted by Gasteiger charge is -2.21. The van der Waals surface area contributed by atoms with Crippen molar-refractivity contribution in [2.75, 3.05) is 0 Å². The van der Waals surface area contributed by atoms with Crippen molar-refractivity contribution < 1.29 is 14.3 Å². The Bertz CT molecular complexity index is 774. The third kappa shape index (κ3) is 6.36. The summed E-state index contributed by atoms with van der Waals surface area (Å²) in [5.74, 6) is -0.346. The number of rotatable bonds is 7. The molecule has 27 heavy (non-hydrogen) atoms. The Morgan fingerprint density at radius 3 is 2.33 bits per heavy atom. The number of esters is 1. The van der Waals surface area contributed by atoms with E-state index in [1.165, 1.54) is 0 Å². The molecule has 0 aliphatic rings. The molecule has 0 aliphatic heterocycles. The van der Waals surface area contributed by atoms with Gasteiger partial charge < -0.3 is 15.4 Å². The number of hydrogen-bond donors (Lipinski definition) is 2. The molecule has 0 aliphatic carbocycles. The maximum Gasteiger partial charge on any atom is 0.315 e. The molecule has 2 atom stereocenters. The van der Waals surface area contributed by atoms with Crippen LogP contribution in [0.25, 0.3) is 0 Å². The molecule has 0 saturated heterocycles. The molecule has 2 unspecified atom stereocenters. The minimum Gasteiger partial charge on any atom is -0.463 e.